The van der Waals surface area contributed by atoms with Crippen LogP contribution in [0.15, 0.2) is 22.7 Å². The predicted molar refractivity (Wildman–Crippen MR) is 92.0 cm³/mol. The van der Waals surface area contributed by atoms with Gasteiger partial charge in [0, 0.05) is 12.1 Å². The summed E-state index contributed by atoms with van der Waals surface area (Å²) < 4.78 is 6.61. The number of nitrogens with one attached hydrogen (secondary N) is 1. The molecule has 120 valence electrons. The number of β-amino-alcohol motifs (C(OH)–C–C–N with tert-alkyl or cyclic N) is 1. The fraction of sp³-hybridized carbons (Fsp3) is 0.647. The molecule has 1 aromatic carbocycles. The first kappa shape index (κ1) is 18.5. The molecule has 0 aliphatic heterocycles. The van der Waals surface area contributed by atoms with Crippen LogP contribution in [0.4, 0.5) is 0 Å². The molecule has 1 aromatic rings. The fourth-order valence-corrected chi connectivity index (χ4v) is 3.03. The Morgan fingerprint density at radius 1 is 1.24 bits per heavy atom. The van der Waals surface area contributed by atoms with Crippen molar-refractivity contribution < 1.29 is 9.84 Å². The fourth-order valence-electron chi connectivity index (χ4n) is 2.43. The molecule has 0 fully saturated rings. The lowest BCUT2D eigenvalue weighted by atomic mass is 9.90. The molecule has 0 amide bonds. The lowest BCUT2D eigenvalue weighted by molar-refractivity contribution is 0.0939. The van der Waals surface area contributed by atoms with Crippen LogP contribution in [0.2, 0.25) is 0 Å². The molecule has 0 aromatic heterocycles. The molecule has 1 atom stereocenters. The first-order valence-electron chi connectivity index (χ1n) is 7.78. The molecule has 0 aliphatic carbocycles. The van der Waals surface area contributed by atoms with Gasteiger partial charge in [-0.25, -0.2) is 0 Å². The molecule has 0 heterocycles. The highest BCUT2D eigenvalue weighted by atomic mass is 79.9. The molecule has 0 saturated heterocycles. The van der Waals surface area contributed by atoms with E-state index < -0.39 is 6.10 Å². The summed E-state index contributed by atoms with van der Waals surface area (Å²) in [6.07, 6.45) is 2.69. The zero-order chi connectivity index (χ0) is 15.9. The van der Waals surface area contributed by atoms with Gasteiger partial charge in [0.25, 0.3) is 0 Å². The first-order chi connectivity index (χ1) is 9.96. The summed E-state index contributed by atoms with van der Waals surface area (Å²) in [6, 6.07) is 5.94. The Balaban J connectivity index is 2.45. The lowest BCUT2D eigenvalue weighted by Gasteiger charge is -2.33. The molecular formula is C17H28BrNO2. The molecule has 2 N–H and O–H groups in total. The second-order valence-electron chi connectivity index (χ2n) is 5.62. The summed E-state index contributed by atoms with van der Waals surface area (Å²) >= 11 is 3.48. The van der Waals surface area contributed by atoms with Crippen molar-refractivity contribution in [3.05, 3.63) is 28.2 Å². The first-order valence-corrected chi connectivity index (χ1v) is 8.57. The number of aliphatic hydroxyl groups excluding tert-OH is 1. The largest absolute Gasteiger partial charge is 0.490 e. The summed E-state index contributed by atoms with van der Waals surface area (Å²) in [5, 5.41) is 13.6. The molecule has 1 unspecified atom stereocenters. The van der Waals surface area contributed by atoms with Gasteiger partial charge in [0.15, 0.2) is 0 Å². The Morgan fingerprint density at radius 3 is 2.38 bits per heavy atom. The minimum Gasteiger partial charge on any atom is -0.490 e. The zero-order valence-electron chi connectivity index (χ0n) is 13.6. The van der Waals surface area contributed by atoms with E-state index in [1.807, 2.05) is 25.1 Å². The molecular weight excluding hydrogens is 330 g/mol. The van der Waals surface area contributed by atoms with Gasteiger partial charge in [-0.3, -0.25) is 0 Å². The Morgan fingerprint density at radius 2 is 1.86 bits per heavy atom. The number of halogens is 1. The van der Waals surface area contributed by atoms with E-state index in [1.165, 1.54) is 5.56 Å². The lowest BCUT2D eigenvalue weighted by Crippen LogP contribution is -2.47. The third-order valence-corrected chi connectivity index (χ3v) is 4.88. The SMILES string of the molecule is CCC(CC)(CC)NCC(O)COc1ccc(C)cc1Br. The van der Waals surface area contributed by atoms with Gasteiger partial charge in [-0.15, -0.1) is 0 Å². The second kappa shape index (κ2) is 8.76. The Kier molecular flexibility index (Phi) is 7.71. The maximum absolute atomic E-state index is 10.1. The Bertz CT molecular complexity index is 425. The average molecular weight is 358 g/mol. The summed E-state index contributed by atoms with van der Waals surface area (Å²) in [5.41, 5.74) is 1.31. The van der Waals surface area contributed by atoms with Crippen LogP contribution in [0, 0.1) is 6.92 Å². The third-order valence-electron chi connectivity index (χ3n) is 4.26. The van der Waals surface area contributed by atoms with E-state index >= 15 is 0 Å². The average Bonchev–Trinajstić information content (AvgIpc) is 2.48. The van der Waals surface area contributed by atoms with Gasteiger partial charge in [-0.2, -0.15) is 0 Å². The summed E-state index contributed by atoms with van der Waals surface area (Å²) in [5.74, 6) is 0.771. The van der Waals surface area contributed by atoms with Crippen LogP contribution in [0.1, 0.15) is 45.6 Å². The van der Waals surface area contributed by atoms with Crippen LogP contribution >= 0.6 is 15.9 Å². The normalized spacial score (nSPS) is 13.2. The summed E-state index contributed by atoms with van der Waals surface area (Å²) in [7, 11) is 0. The number of aryl methyl sites for hydroxylation is 1. The predicted octanol–water partition coefficient (Wildman–Crippen LogP) is 4.06. The van der Waals surface area contributed by atoms with Crippen molar-refractivity contribution in [2.45, 2.75) is 58.6 Å². The van der Waals surface area contributed by atoms with Crippen LogP contribution in [0.25, 0.3) is 0 Å². The standard InChI is InChI=1S/C17H28BrNO2/c1-5-17(6-2,7-3)19-11-14(20)12-21-16-9-8-13(4)10-15(16)18/h8-10,14,19-20H,5-7,11-12H2,1-4H3. The number of ether oxygens (including phenoxy) is 1. The zero-order valence-corrected chi connectivity index (χ0v) is 15.2. The van der Waals surface area contributed by atoms with Gasteiger partial charge < -0.3 is 15.2 Å². The van der Waals surface area contributed by atoms with E-state index in [2.05, 4.69) is 42.0 Å². The van der Waals surface area contributed by atoms with Crippen molar-refractivity contribution in [1.29, 1.82) is 0 Å². The number of benzene rings is 1. The van der Waals surface area contributed by atoms with Crippen molar-refractivity contribution in [2.24, 2.45) is 0 Å². The van der Waals surface area contributed by atoms with E-state index in [0.29, 0.717) is 13.2 Å². The van der Waals surface area contributed by atoms with E-state index in [9.17, 15) is 5.11 Å². The van der Waals surface area contributed by atoms with E-state index in [1.54, 1.807) is 0 Å². The van der Waals surface area contributed by atoms with Crippen LogP contribution in [0.5, 0.6) is 5.75 Å². The van der Waals surface area contributed by atoms with Crippen molar-refractivity contribution in [3.63, 3.8) is 0 Å². The van der Waals surface area contributed by atoms with Crippen molar-refractivity contribution in [2.75, 3.05) is 13.2 Å². The number of hydrogen-bond acceptors (Lipinski definition) is 3. The van der Waals surface area contributed by atoms with Crippen LogP contribution in [0.3, 0.4) is 0 Å². The van der Waals surface area contributed by atoms with Crippen LogP contribution in [-0.4, -0.2) is 29.9 Å². The molecule has 0 bridgehead atoms. The topological polar surface area (TPSA) is 41.5 Å². The highest BCUT2D eigenvalue weighted by Gasteiger charge is 2.23. The van der Waals surface area contributed by atoms with E-state index in [0.717, 1.165) is 29.5 Å². The summed E-state index contributed by atoms with van der Waals surface area (Å²) in [4.78, 5) is 0. The van der Waals surface area contributed by atoms with Gasteiger partial charge in [-0.1, -0.05) is 26.8 Å². The van der Waals surface area contributed by atoms with E-state index in [4.69, 9.17) is 4.74 Å². The molecule has 21 heavy (non-hydrogen) atoms. The maximum atomic E-state index is 10.1. The van der Waals surface area contributed by atoms with Gasteiger partial charge in [0.05, 0.1) is 4.47 Å². The van der Waals surface area contributed by atoms with Gasteiger partial charge in [-0.05, 0) is 59.8 Å². The molecule has 0 spiro atoms. The third kappa shape index (κ3) is 5.61. The highest BCUT2D eigenvalue weighted by molar-refractivity contribution is 9.10. The number of aliphatic hydroxyl groups is 1. The van der Waals surface area contributed by atoms with Crippen molar-refractivity contribution in [1.82, 2.24) is 5.32 Å². The van der Waals surface area contributed by atoms with Crippen molar-refractivity contribution >= 4 is 15.9 Å². The monoisotopic (exact) mass is 357 g/mol. The Hall–Kier alpha value is -0.580. The smallest absolute Gasteiger partial charge is 0.133 e. The minimum absolute atomic E-state index is 0.130. The maximum Gasteiger partial charge on any atom is 0.133 e. The van der Waals surface area contributed by atoms with E-state index in [-0.39, 0.29) is 5.54 Å². The minimum atomic E-state index is -0.512. The van der Waals surface area contributed by atoms with Crippen LogP contribution in [-0.2, 0) is 0 Å². The number of hydrogen-bond donors (Lipinski definition) is 2. The Labute approximate surface area is 137 Å². The van der Waals surface area contributed by atoms with Crippen molar-refractivity contribution in [3.8, 4) is 5.75 Å². The second-order valence-corrected chi connectivity index (χ2v) is 6.47. The van der Waals surface area contributed by atoms with Gasteiger partial charge >= 0.3 is 0 Å². The number of rotatable bonds is 9. The molecule has 0 radical (unpaired) electrons. The van der Waals surface area contributed by atoms with Gasteiger partial charge in [0.1, 0.15) is 18.5 Å². The molecule has 0 saturated carbocycles. The molecule has 3 nitrogen and oxygen atoms in total. The molecule has 0 aliphatic rings. The van der Waals surface area contributed by atoms with Crippen LogP contribution < -0.4 is 10.1 Å². The highest BCUT2D eigenvalue weighted by Crippen LogP contribution is 2.26. The van der Waals surface area contributed by atoms with Gasteiger partial charge in [0.2, 0.25) is 0 Å². The quantitative estimate of drug-likeness (QED) is 0.700. The molecule has 1 rings (SSSR count). The molecule has 4 heteroatoms. The summed E-state index contributed by atoms with van der Waals surface area (Å²) in [6.45, 7) is 9.44.